The molecular formula is C20H20N2O4S. The molecule has 3 rings (SSSR count). The van der Waals surface area contributed by atoms with Crippen molar-refractivity contribution in [2.45, 2.75) is 13.0 Å². The topological polar surface area (TPSA) is 68.7 Å². The number of hydrogen-bond donors (Lipinski definition) is 0. The van der Waals surface area contributed by atoms with Gasteiger partial charge in [0.15, 0.2) is 6.61 Å². The Balaban J connectivity index is 1.68. The number of thiazole rings is 1. The smallest absolute Gasteiger partial charge is 0.341 e. The Morgan fingerprint density at radius 3 is 2.59 bits per heavy atom. The van der Waals surface area contributed by atoms with Crippen molar-refractivity contribution in [2.24, 2.45) is 0 Å². The summed E-state index contributed by atoms with van der Waals surface area (Å²) >= 11 is 1.57. The normalized spacial score (nSPS) is 11.8. The zero-order valence-corrected chi connectivity index (χ0v) is 16.2. The van der Waals surface area contributed by atoms with Gasteiger partial charge in [-0.05, 0) is 31.2 Å². The van der Waals surface area contributed by atoms with Gasteiger partial charge in [-0.3, -0.25) is 4.79 Å². The highest BCUT2D eigenvalue weighted by Crippen LogP contribution is 2.29. The molecule has 2 aromatic carbocycles. The van der Waals surface area contributed by atoms with Gasteiger partial charge < -0.3 is 14.4 Å². The monoisotopic (exact) mass is 384 g/mol. The van der Waals surface area contributed by atoms with Crippen LogP contribution in [-0.2, 0) is 9.53 Å². The van der Waals surface area contributed by atoms with Crippen LogP contribution in [0, 0.1) is 0 Å². The lowest BCUT2D eigenvalue weighted by Gasteiger charge is -2.23. The number of carbonyl (C=O) groups is 2. The zero-order valence-electron chi connectivity index (χ0n) is 15.3. The summed E-state index contributed by atoms with van der Waals surface area (Å²) in [5.74, 6) is -0.394. The van der Waals surface area contributed by atoms with Gasteiger partial charge in [-0.1, -0.05) is 24.3 Å². The second kappa shape index (κ2) is 8.18. The van der Waals surface area contributed by atoms with Crippen LogP contribution in [0.25, 0.3) is 10.2 Å². The minimum absolute atomic E-state index is 0.181. The van der Waals surface area contributed by atoms with Crippen molar-refractivity contribution in [1.82, 2.24) is 9.88 Å². The van der Waals surface area contributed by atoms with E-state index in [4.69, 9.17) is 9.47 Å². The first-order chi connectivity index (χ1) is 13.0. The highest BCUT2D eigenvalue weighted by molar-refractivity contribution is 7.18. The van der Waals surface area contributed by atoms with Crippen molar-refractivity contribution in [3.05, 3.63) is 59.1 Å². The molecule has 0 N–H and O–H groups in total. The molecule has 27 heavy (non-hydrogen) atoms. The molecular weight excluding hydrogens is 364 g/mol. The van der Waals surface area contributed by atoms with Gasteiger partial charge in [0.1, 0.15) is 16.3 Å². The van der Waals surface area contributed by atoms with Gasteiger partial charge in [-0.25, -0.2) is 9.78 Å². The fourth-order valence-electron chi connectivity index (χ4n) is 2.56. The lowest BCUT2D eigenvalue weighted by molar-refractivity contribution is -0.134. The molecule has 0 aliphatic heterocycles. The van der Waals surface area contributed by atoms with Gasteiger partial charge in [-0.15, -0.1) is 11.3 Å². The van der Waals surface area contributed by atoms with E-state index in [-0.39, 0.29) is 24.1 Å². The standard InChI is InChI=1S/C20H20N2O4S/c1-13(19-21-15-9-5-7-11-17(15)27-19)22(2)18(23)12-26-16-10-6-4-8-14(16)20(24)25-3/h4-11,13H,12H2,1-3H3/t13-/m1/s1. The van der Waals surface area contributed by atoms with E-state index in [0.717, 1.165) is 15.2 Å². The van der Waals surface area contributed by atoms with Crippen LogP contribution in [0.2, 0.25) is 0 Å². The van der Waals surface area contributed by atoms with Crippen molar-refractivity contribution in [3.63, 3.8) is 0 Å². The molecule has 0 spiro atoms. The average Bonchev–Trinajstić information content (AvgIpc) is 3.14. The molecule has 0 bridgehead atoms. The predicted molar refractivity (Wildman–Crippen MR) is 104 cm³/mol. The molecule has 0 aliphatic rings. The molecule has 1 aromatic heterocycles. The van der Waals surface area contributed by atoms with Gasteiger partial charge in [-0.2, -0.15) is 0 Å². The maximum absolute atomic E-state index is 12.6. The van der Waals surface area contributed by atoms with Crippen LogP contribution in [0.3, 0.4) is 0 Å². The van der Waals surface area contributed by atoms with Crippen LogP contribution in [0.4, 0.5) is 0 Å². The second-order valence-corrected chi connectivity index (χ2v) is 7.04. The van der Waals surface area contributed by atoms with Crippen LogP contribution in [0.15, 0.2) is 48.5 Å². The number of nitrogens with zero attached hydrogens (tertiary/aromatic N) is 2. The molecule has 1 heterocycles. The Hall–Kier alpha value is -2.93. The Labute approximate surface area is 161 Å². The number of amides is 1. The molecule has 1 atom stereocenters. The van der Waals surface area contributed by atoms with Gasteiger partial charge in [0.05, 0.1) is 23.4 Å². The fraction of sp³-hybridized carbons (Fsp3) is 0.250. The zero-order chi connectivity index (χ0) is 19.4. The van der Waals surface area contributed by atoms with E-state index in [1.165, 1.54) is 7.11 Å². The number of hydrogen-bond acceptors (Lipinski definition) is 6. The van der Waals surface area contributed by atoms with Crippen LogP contribution in [0.5, 0.6) is 5.75 Å². The summed E-state index contributed by atoms with van der Waals surface area (Å²) in [6.45, 7) is 1.75. The SMILES string of the molecule is COC(=O)c1ccccc1OCC(=O)N(C)[C@H](C)c1nc2ccccc2s1. The van der Waals surface area contributed by atoms with Crippen molar-refractivity contribution >= 4 is 33.4 Å². The molecule has 1 amide bonds. The van der Waals surface area contributed by atoms with E-state index in [0.29, 0.717) is 5.75 Å². The molecule has 140 valence electrons. The summed E-state index contributed by atoms with van der Waals surface area (Å²) in [5.41, 5.74) is 1.21. The number of carbonyl (C=O) groups excluding carboxylic acids is 2. The molecule has 6 nitrogen and oxygen atoms in total. The predicted octanol–water partition coefficient (Wildman–Crippen LogP) is 3.68. The molecule has 7 heteroatoms. The average molecular weight is 384 g/mol. The number of esters is 1. The third-order valence-corrected chi connectivity index (χ3v) is 5.49. The first-order valence-corrected chi connectivity index (χ1v) is 9.24. The molecule has 0 saturated heterocycles. The summed E-state index contributed by atoms with van der Waals surface area (Å²) < 4.78 is 11.4. The molecule has 0 radical (unpaired) electrons. The Morgan fingerprint density at radius 2 is 1.85 bits per heavy atom. The Kier molecular flexibility index (Phi) is 5.71. The lowest BCUT2D eigenvalue weighted by atomic mass is 10.2. The second-order valence-electron chi connectivity index (χ2n) is 5.98. The van der Waals surface area contributed by atoms with E-state index in [9.17, 15) is 9.59 Å². The molecule has 0 fully saturated rings. The van der Waals surface area contributed by atoms with Gasteiger partial charge >= 0.3 is 5.97 Å². The largest absolute Gasteiger partial charge is 0.483 e. The minimum Gasteiger partial charge on any atom is -0.483 e. The van der Waals surface area contributed by atoms with Gasteiger partial charge in [0.25, 0.3) is 5.91 Å². The number of aromatic nitrogens is 1. The number of para-hydroxylation sites is 2. The van der Waals surface area contributed by atoms with Crippen molar-refractivity contribution in [3.8, 4) is 5.75 Å². The third-order valence-electron chi connectivity index (χ3n) is 4.29. The Morgan fingerprint density at radius 1 is 1.15 bits per heavy atom. The van der Waals surface area contributed by atoms with Crippen molar-refractivity contribution < 1.29 is 19.1 Å². The molecule has 0 aliphatic carbocycles. The Bertz CT molecular complexity index is 936. The fourth-order valence-corrected chi connectivity index (χ4v) is 3.63. The minimum atomic E-state index is -0.505. The lowest BCUT2D eigenvalue weighted by Crippen LogP contribution is -2.33. The van der Waals surface area contributed by atoms with Gasteiger partial charge in [0.2, 0.25) is 0 Å². The maximum Gasteiger partial charge on any atom is 0.341 e. The van der Waals surface area contributed by atoms with Crippen LogP contribution >= 0.6 is 11.3 Å². The highest BCUT2D eigenvalue weighted by Gasteiger charge is 2.22. The van der Waals surface area contributed by atoms with E-state index < -0.39 is 5.97 Å². The maximum atomic E-state index is 12.6. The number of benzene rings is 2. The first kappa shape index (κ1) is 18.8. The summed E-state index contributed by atoms with van der Waals surface area (Å²) in [6.07, 6.45) is 0. The summed E-state index contributed by atoms with van der Waals surface area (Å²) in [5, 5.41) is 0.863. The number of fused-ring (bicyclic) bond motifs is 1. The van der Waals surface area contributed by atoms with Gasteiger partial charge in [0, 0.05) is 7.05 Å². The number of rotatable bonds is 6. The van der Waals surface area contributed by atoms with E-state index in [2.05, 4.69) is 4.98 Å². The van der Waals surface area contributed by atoms with Crippen LogP contribution in [-0.4, -0.2) is 42.5 Å². The van der Waals surface area contributed by atoms with E-state index in [1.807, 2.05) is 31.2 Å². The quantitative estimate of drug-likeness (QED) is 0.607. The molecule has 0 saturated carbocycles. The summed E-state index contributed by atoms with van der Waals surface area (Å²) in [7, 11) is 3.02. The molecule has 0 unspecified atom stereocenters. The summed E-state index contributed by atoms with van der Waals surface area (Å²) in [6, 6.07) is 14.4. The first-order valence-electron chi connectivity index (χ1n) is 8.42. The van der Waals surface area contributed by atoms with Crippen molar-refractivity contribution in [2.75, 3.05) is 20.8 Å². The number of ether oxygens (including phenoxy) is 2. The number of likely N-dealkylation sites (N-methyl/N-ethyl adjacent to an activating group) is 1. The summed E-state index contributed by atoms with van der Waals surface area (Å²) in [4.78, 5) is 30.5. The molecule has 3 aromatic rings. The number of methoxy groups -OCH3 is 1. The van der Waals surface area contributed by atoms with Crippen molar-refractivity contribution in [1.29, 1.82) is 0 Å². The van der Waals surface area contributed by atoms with E-state index in [1.54, 1.807) is 47.5 Å². The third kappa shape index (κ3) is 4.09. The van der Waals surface area contributed by atoms with Crippen LogP contribution in [0.1, 0.15) is 28.3 Å². The van der Waals surface area contributed by atoms with E-state index >= 15 is 0 Å². The van der Waals surface area contributed by atoms with Crippen LogP contribution < -0.4 is 4.74 Å². The highest BCUT2D eigenvalue weighted by atomic mass is 32.1.